The van der Waals surface area contributed by atoms with E-state index in [1.54, 1.807) is 13.2 Å². The molecule has 19 heavy (non-hydrogen) atoms. The number of nitrogens with one attached hydrogen (secondary N) is 1. The van der Waals surface area contributed by atoms with E-state index in [1.165, 1.54) is 6.07 Å². The highest BCUT2D eigenvalue weighted by Gasteiger charge is 2.20. The lowest BCUT2D eigenvalue weighted by Gasteiger charge is -2.18. The molecular weight excluding hydrogens is 382 g/mol. The molecule has 100 valence electrons. The second-order valence-electron chi connectivity index (χ2n) is 3.91. The first-order valence-electron chi connectivity index (χ1n) is 5.46. The standard InChI is InChI=1S/C13H10Br2F2N2/c1-18-12(9-5-8(16)2-3-11(9)17)13-10(15)4-7(14)6-19-13/h2-6,12,18H,1H3. The molecule has 0 amide bonds. The summed E-state index contributed by atoms with van der Waals surface area (Å²) in [4.78, 5) is 4.25. The molecule has 0 bridgehead atoms. The molecule has 0 saturated carbocycles. The van der Waals surface area contributed by atoms with Crippen molar-refractivity contribution in [2.45, 2.75) is 6.04 Å². The topological polar surface area (TPSA) is 24.9 Å². The van der Waals surface area contributed by atoms with Crippen molar-refractivity contribution in [2.24, 2.45) is 0 Å². The first-order valence-corrected chi connectivity index (χ1v) is 7.04. The van der Waals surface area contributed by atoms with E-state index in [-0.39, 0.29) is 5.56 Å². The van der Waals surface area contributed by atoms with E-state index in [0.717, 1.165) is 16.6 Å². The molecule has 0 fully saturated rings. The van der Waals surface area contributed by atoms with Gasteiger partial charge in [0.15, 0.2) is 0 Å². The molecule has 2 nitrogen and oxygen atoms in total. The summed E-state index contributed by atoms with van der Waals surface area (Å²) in [5, 5.41) is 2.95. The summed E-state index contributed by atoms with van der Waals surface area (Å²) in [6.45, 7) is 0. The average molecular weight is 392 g/mol. The first kappa shape index (κ1) is 14.6. The van der Waals surface area contributed by atoms with E-state index in [1.807, 2.05) is 6.07 Å². The molecule has 1 unspecified atom stereocenters. The van der Waals surface area contributed by atoms with Gasteiger partial charge in [-0.1, -0.05) is 0 Å². The van der Waals surface area contributed by atoms with Crippen LogP contribution in [0.25, 0.3) is 0 Å². The van der Waals surface area contributed by atoms with Crippen molar-refractivity contribution in [1.29, 1.82) is 0 Å². The summed E-state index contributed by atoms with van der Waals surface area (Å²) in [5.41, 5.74) is 0.813. The predicted octanol–water partition coefficient (Wildman–Crippen LogP) is 4.19. The van der Waals surface area contributed by atoms with E-state index >= 15 is 0 Å². The maximum Gasteiger partial charge on any atom is 0.128 e. The maximum atomic E-state index is 13.8. The van der Waals surface area contributed by atoms with Crippen molar-refractivity contribution >= 4 is 31.9 Å². The summed E-state index contributed by atoms with van der Waals surface area (Å²) in [6, 6.07) is 4.66. The summed E-state index contributed by atoms with van der Waals surface area (Å²) in [5.74, 6) is -0.956. The van der Waals surface area contributed by atoms with Gasteiger partial charge >= 0.3 is 0 Å². The number of rotatable bonds is 3. The Bertz CT molecular complexity index is 605. The van der Waals surface area contributed by atoms with Gasteiger partial charge in [-0.25, -0.2) is 8.78 Å². The van der Waals surface area contributed by atoms with Crippen LogP contribution in [-0.2, 0) is 0 Å². The SMILES string of the molecule is CNC(c1cc(F)ccc1F)c1ncc(Br)cc1Br. The third-order valence-corrected chi connectivity index (χ3v) is 3.74. The van der Waals surface area contributed by atoms with Crippen molar-refractivity contribution in [3.8, 4) is 0 Å². The molecular formula is C13H10Br2F2N2. The molecule has 0 radical (unpaired) electrons. The smallest absolute Gasteiger partial charge is 0.128 e. The van der Waals surface area contributed by atoms with Crippen LogP contribution in [0.2, 0.25) is 0 Å². The fourth-order valence-corrected chi connectivity index (χ4v) is 3.03. The van der Waals surface area contributed by atoms with Gasteiger partial charge in [-0.3, -0.25) is 4.98 Å². The van der Waals surface area contributed by atoms with Crippen molar-refractivity contribution in [2.75, 3.05) is 7.05 Å². The quantitative estimate of drug-likeness (QED) is 0.848. The Kier molecular flexibility index (Phi) is 4.65. The van der Waals surface area contributed by atoms with Gasteiger partial charge < -0.3 is 5.32 Å². The molecule has 0 spiro atoms. The van der Waals surface area contributed by atoms with Crippen molar-refractivity contribution in [1.82, 2.24) is 10.3 Å². The molecule has 0 aliphatic carbocycles. The summed E-state index contributed by atoms with van der Waals surface area (Å²) in [7, 11) is 1.67. The van der Waals surface area contributed by atoms with E-state index in [2.05, 4.69) is 42.2 Å². The number of nitrogens with zero attached hydrogens (tertiary/aromatic N) is 1. The molecule has 1 aromatic carbocycles. The lowest BCUT2D eigenvalue weighted by molar-refractivity contribution is 0.553. The molecule has 1 atom stereocenters. The largest absolute Gasteiger partial charge is 0.308 e. The highest BCUT2D eigenvalue weighted by molar-refractivity contribution is 9.11. The fraction of sp³-hybridized carbons (Fsp3) is 0.154. The minimum absolute atomic E-state index is 0.220. The highest BCUT2D eigenvalue weighted by Crippen LogP contribution is 2.30. The zero-order valence-corrected chi connectivity index (χ0v) is 13.1. The van der Waals surface area contributed by atoms with Gasteiger partial charge in [0.05, 0.1) is 11.7 Å². The molecule has 0 aliphatic heterocycles. The van der Waals surface area contributed by atoms with Gasteiger partial charge in [0, 0.05) is 20.7 Å². The Morgan fingerprint density at radius 3 is 2.58 bits per heavy atom. The molecule has 0 aliphatic rings. The van der Waals surface area contributed by atoms with Gasteiger partial charge in [0.2, 0.25) is 0 Å². The van der Waals surface area contributed by atoms with Gasteiger partial charge in [-0.2, -0.15) is 0 Å². The molecule has 1 heterocycles. The number of halogens is 4. The van der Waals surface area contributed by atoms with Gasteiger partial charge in [-0.15, -0.1) is 0 Å². The summed E-state index contributed by atoms with van der Waals surface area (Å²) < 4.78 is 28.7. The number of aromatic nitrogens is 1. The Hall–Kier alpha value is -0.850. The molecule has 6 heteroatoms. The van der Waals surface area contributed by atoms with E-state index in [9.17, 15) is 8.78 Å². The Balaban J connectivity index is 2.52. The van der Waals surface area contributed by atoms with Gasteiger partial charge in [-0.05, 0) is 63.2 Å². The number of hydrogen-bond donors (Lipinski definition) is 1. The van der Waals surface area contributed by atoms with Crippen LogP contribution in [0.1, 0.15) is 17.3 Å². The number of pyridine rings is 1. The van der Waals surface area contributed by atoms with Crippen LogP contribution in [0.5, 0.6) is 0 Å². The second-order valence-corrected chi connectivity index (χ2v) is 5.68. The van der Waals surface area contributed by atoms with Crippen molar-refractivity contribution in [3.05, 3.63) is 62.3 Å². The van der Waals surface area contributed by atoms with E-state index in [0.29, 0.717) is 10.2 Å². The van der Waals surface area contributed by atoms with Crippen LogP contribution in [-0.4, -0.2) is 12.0 Å². The molecule has 1 aromatic heterocycles. The first-order chi connectivity index (χ1) is 9.02. The molecule has 2 aromatic rings. The zero-order valence-electron chi connectivity index (χ0n) is 9.92. The zero-order chi connectivity index (χ0) is 14.0. The average Bonchev–Trinajstić information content (AvgIpc) is 2.36. The summed E-state index contributed by atoms with van der Waals surface area (Å²) >= 11 is 6.68. The molecule has 1 N–H and O–H groups in total. The van der Waals surface area contributed by atoms with Crippen LogP contribution < -0.4 is 5.32 Å². The van der Waals surface area contributed by atoms with E-state index in [4.69, 9.17) is 0 Å². The predicted molar refractivity (Wildman–Crippen MR) is 76.9 cm³/mol. The Morgan fingerprint density at radius 2 is 1.95 bits per heavy atom. The Morgan fingerprint density at radius 1 is 1.21 bits per heavy atom. The van der Waals surface area contributed by atoms with Crippen LogP contribution >= 0.6 is 31.9 Å². The lowest BCUT2D eigenvalue weighted by Crippen LogP contribution is -2.21. The Labute approximate surface area is 126 Å². The minimum Gasteiger partial charge on any atom is -0.308 e. The number of hydrogen-bond acceptors (Lipinski definition) is 2. The monoisotopic (exact) mass is 390 g/mol. The second kappa shape index (κ2) is 6.07. The van der Waals surface area contributed by atoms with Crippen LogP contribution in [0.15, 0.2) is 39.4 Å². The van der Waals surface area contributed by atoms with E-state index < -0.39 is 17.7 Å². The molecule has 2 rings (SSSR count). The number of benzene rings is 1. The highest BCUT2D eigenvalue weighted by atomic mass is 79.9. The van der Waals surface area contributed by atoms with Crippen molar-refractivity contribution < 1.29 is 8.78 Å². The van der Waals surface area contributed by atoms with Crippen LogP contribution in [0.4, 0.5) is 8.78 Å². The third kappa shape index (κ3) is 3.19. The maximum absolute atomic E-state index is 13.8. The fourth-order valence-electron chi connectivity index (χ4n) is 1.81. The minimum atomic E-state index is -0.529. The third-order valence-electron chi connectivity index (χ3n) is 2.67. The lowest BCUT2D eigenvalue weighted by atomic mass is 10.0. The van der Waals surface area contributed by atoms with Gasteiger partial charge in [0.25, 0.3) is 0 Å². The molecule has 0 saturated heterocycles. The van der Waals surface area contributed by atoms with Crippen LogP contribution in [0, 0.1) is 11.6 Å². The normalized spacial score (nSPS) is 12.5. The van der Waals surface area contributed by atoms with Crippen molar-refractivity contribution in [3.63, 3.8) is 0 Å². The van der Waals surface area contributed by atoms with Gasteiger partial charge in [0.1, 0.15) is 11.6 Å². The van der Waals surface area contributed by atoms with Crippen LogP contribution in [0.3, 0.4) is 0 Å². The summed E-state index contributed by atoms with van der Waals surface area (Å²) in [6.07, 6.45) is 1.61.